The van der Waals surface area contributed by atoms with Gasteiger partial charge >= 0.3 is 12.0 Å². The van der Waals surface area contributed by atoms with E-state index in [4.69, 9.17) is 16.3 Å². The van der Waals surface area contributed by atoms with Crippen LogP contribution in [0, 0.1) is 13.8 Å². The van der Waals surface area contributed by atoms with Crippen LogP contribution in [-0.4, -0.2) is 46.6 Å². The smallest absolute Gasteiger partial charge is 0.347 e. The molecule has 1 amide bonds. The third-order valence-electron chi connectivity index (χ3n) is 5.67. The van der Waals surface area contributed by atoms with Gasteiger partial charge in [0.2, 0.25) is 12.0 Å². The average Bonchev–Trinajstić information content (AvgIpc) is 2.87. The standard InChI is InChI=1S/C24H23ClN4O4/c1-14-11-15(2)28-23(27-14)33-21(22(31)32)24(16-7-5-4-6-8-16)18-12-17(25)9-10-19(18)29(3)20(30)13-26-24/h4-12,21,26H,13H2,1-3H3,(H,31,32)/t21-,24+/m1/s1. The van der Waals surface area contributed by atoms with E-state index >= 15 is 0 Å². The molecule has 0 bridgehead atoms. The van der Waals surface area contributed by atoms with Crippen LogP contribution < -0.4 is 15.0 Å². The van der Waals surface area contributed by atoms with Gasteiger partial charge in [-0.2, -0.15) is 0 Å². The second-order valence-corrected chi connectivity index (χ2v) is 8.35. The van der Waals surface area contributed by atoms with Crippen molar-refractivity contribution in [1.82, 2.24) is 15.3 Å². The van der Waals surface area contributed by atoms with E-state index < -0.39 is 17.6 Å². The van der Waals surface area contributed by atoms with Crippen molar-refractivity contribution in [2.24, 2.45) is 0 Å². The zero-order valence-corrected chi connectivity index (χ0v) is 19.1. The van der Waals surface area contributed by atoms with Gasteiger partial charge < -0.3 is 14.7 Å². The predicted octanol–water partition coefficient (Wildman–Crippen LogP) is 3.09. The molecule has 0 radical (unpaired) electrons. The van der Waals surface area contributed by atoms with Crippen molar-refractivity contribution < 1.29 is 19.4 Å². The first-order valence-electron chi connectivity index (χ1n) is 10.3. The average molecular weight is 467 g/mol. The Hall–Kier alpha value is -3.49. The monoisotopic (exact) mass is 466 g/mol. The van der Waals surface area contributed by atoms with Crippen molar-refractivity contribution in [1.29, 1.82) is 0 Å². The summed E-state index contributed by atoms with van der Waals surface area (Å²) in [5.41, 5.74) is 1.41. The van der Waals surface area contributed by atoms with Gasteiger partial charge in [0.25, 0.3) is 0 Å². The van der Waals surface area contributed by atoms with Crippen molar-refractivity contribution in [2.75, 3.05) is 18.5 Å². The molecule has 0 saturated carbocycles. The van der Waals surface area contributed by atoms with Crippen LogP contribution in [0.15, 0.2) is 54.6 Å². The van der Waals surface area contributed by atoms with Crippen molar-refractivity contribution in [3.8, 4) is 6.01 Å². The highest BCUT2D eigenvalue weighted by molar-refractivity contribution is 6.30. The number of ether oxygens (including phenoxy) is 1. The fourth-order valence-electron chi connectivity index (χ4n) is 4.20. The highest BCUT2D eigenvalue weighted by Gasteiger charge is 2.52. The number of anilines is 1. The van der Waals surface area contributed by atoms with Gasteiger partial charge in [0, 0.05) is 34.7 Å². The maximum Gasteiger partial charge on any atom is 0.347 e. The molecular weight excluding hydrogens is 444 g/mol. The molecule has 170 valence electrons. The van der Waals surface area contributed by atoms with Crippen molar-refractivity contribution in [3.63, 3.8) is 0 Å². The number of hydrogen-bond donors (Lipinski definition) is 2. The van der Waals surface area contributed by atoms with Gasteiger partial charge in [-0.05, 0) is 43.7 Å². The quantitative estimate of drug-likeness (QED) is 0.595. The van der Waals surface area contributed by atoms with E-state index in [0.717, 1.165) is 0 Å². The molecule has 1 aliphatic rings. The zero-order valence-electron chi connectivity index (χ0n) is 18.4. The lowest BCUT2D eigenvalue weighted by atomic mass is 9.77. The molecule has 8 nitrogen and oxygen atoms in total. The Morgan fingerprint density at radius 1 is 1.15 bits per heavy atom. The molecule has 1 aliphatic heterocycles. The summed E-state index contributed by atoms with van der Waals surface area (Å²) in [6, 6.07) is 15.7. The van der Waals surface area contributed by atoms with Crippen LogP contribution in [0.1, 0.15) is 22.5 Å². The number of benzene rings is 2. The summed E-state index contributed by atoms with van der Waals surface area (Å²) in [7, 11) is 1.64. The topological polar surface area (TPSA) is 105 Å². The number of aliphatic carboxylic acids is 1. The summed E-state index contributed by atoms with van der Waals surface area (Å²) in [4.78, 5) is 35.6. The Morgan fingerprint density at radius 3 is 2.45 bits per heavy atom. The van der Waals surface area contributed by atoms with Crippen molar-refractivity contribution in [2.45, 2.75) is 25.5 Å². The molecule has 2 aromatic carbocycles. The third kappa shape index (κ3) is 4.15. The summed E-state index contributed by atoms with van der Waals surface area (Å²) < 4.78 is 6.00. The van der Waals surface area contributed by atoms with Gasteiger partial charge in [-0.25, -0.2) is 14.8 Å². The number of halogens is 1. The Bertz CT molecular complexity index is 1200. The maximum absolute atomic E-state index is 12.8. The van der Waals surface area contributed by atoms with E-state index in [-0.39, 0.29) is 18.5 Å². The Labute approximate surface area is 196 Å². The first-order valence-corrected chi connectivity index (χ1v) is 10.7. The molecule has 1 aromatic heterocycles. The molecular formula is C24H23ClN4O4. The minimum absolute atomic E-state index is 0.0653. The molecule has 0 aliphatic carbocycles. The molecule has 2 N–H and O–H groups in total. The lowest BCUT2D eigenvalue weighted by Crippen LogP contribution is -2.58. The van der Waals surface area contributed by atoms with Gasteiger partial charge in [0.05, 0.1) is 6.54 Å². The largest absolute Gasteiger partial charge is 0.478 e. The summed E-state index contributed by atoms with van der Waals surface area (Å²) in [5, 5.41) is 14.0. The van der Waals surface area contributed by atoms with Gasteiger partial charge in [-0.3, -0.25) is 10.1 Å². The number of aryl methyl sites for hydroxylation is 2. The number of amides is 1. The minimum atomic E-state index is -1.53. The molecule has 2 atom stereocenters. The fraction of sp³-hybridized carbons (Fsp3) is 0.250. The van der Waals surface area contributed by atoms with Crippen LogP contribution in [0.3, 0.4) is 0 Å². The van der Waals surface area contributed by atoms with E-state index in [0.29, 0.717) is 33.2 Å². The minimum Gasteiger partial charge on any atom is -0.478 e. The summed E-state index contributed by atoms with van der Waals surface area (Å²) >= 11 is 6.37. The van der Waals surface area contributed by atoms with Gasteiger partial charge in [-0.1, -0.05) is 41.9 Å². The molecule has 33 heavy (non-hydrogen) atoms. The van der Waals surface area contributed by atoms with Crippen LogP contribution >= 0.6 is 11.6 Å². The SMILES string of the molecule is Cc1cc(C)nc(O[C@H](C(=O)O)[C@@]2(c3ccccc3)NCC(=O)N(C)c3ccc(Cl)cc32)n1. The molecule has 0 fully saturated rings. The highest BCUT2D eigenvalue weighted by Crippen LogP contribution is 2.42. The second-order valence-electron chi connectivity index (χ2n) is 7.91. The number of nitrogens with one attached hydrogen (secondary N) is 1. The van der Waals surface area contributed by atoms with Gasteiger partial charge in [-0.15, -0.1) is 0 Å². The lowest BCUT2D eigenvalue weighted by molar-refractivity contribution is -0.149. The fourth-order valence-corrected chi connectivity index (χ4v) is 4.37. The van der Waals surface area contributed by atoms with Crippen molar-refractivity contribution in [3.05, 3.63) is 82.1 Å². The van der Waals surface area contributed by atoms with Crippen LogP contribution in [0.2, 0.25) is 5.02 Å². The normalized spacial score (nSPS) is 18.9. The number of carbonyl (C=O) groups is 2. The zero-order chi connectivity index (χ0) is 23.8. The first-order chi connectivity index (χ1) is 15.7. The van der Waals surface area contributed by atoms with E-state index in [9.17, 15) is 14.7 Å². The highest BCUT2D eigenvalue weighted by atomic mass is 35.5. The third-order valence-corrected chi connectivity index (χ3v) is 5.90. The molecule has 2 heterocycles. The Balaban J connectivity index is 2.02. The van der Waals surface area contributed by atoms with E-state index in [1.54, 1.807) is 69.4 Å². The van der Waals surface area contributed by atoms with Gasteiger partial charge in [0.1, 0.15) is 5.54 Å². The number of hydrogen-bond acceptors (Lipinski definition) is 6. The van der Waals surface area contributed by atoms with Crippen LogP contribution in [0.4, 0.5) is 5.69 Å². The number of rotatable bonds is 5. The number of carbonyl (C=O) groups excluding carboxylic acids is 1. The number of carboxylic acids is 1. The van der Waals surface area contributed by atoms with E-state index in [1.807, 2.05) is 6.07 Å². The molecule has 4 rings (SSSR count). The first kappa shape index (κ1) is 22.7. The predicted molar refractivity (Wildman–Crippen MR) is 124 cm³/mol. The summed E-state index contributed by atoms with van der Waals surface area (Å²) in [5.74, 6) is -1.49. The maximum atomic E-state index is 12.8. The number of nitrogens with zero attached hydrogens (tertiary/aromatic N) is 3. The molecule has 0 unspecified atom stereocenters. The number of aromatic nitrogens is 2. The van der Waals surface area contributed by atoms with Gasteiger partial charge in [0.15, 0.2) is 0 Å². The number of fused-ring (bicyclic) bond motifs is 1. The van der Waals surface area contributed by atoms with Crippen molar-refractivity contribution >= 4 is 29.2 Å². The van der Waals surface area contributed by atoms with E-state index in [2.05, 4.69) is 15.3 Å². The Morgan fingerprint density at radius 2 is 1.82 bits per heavy atom. The summed E-state index contributed by atoms with van der Waals surface area (Å²) in [6.45, 7) is 3.42. The lowest BCUT2D eigenvalue weighted by Gasteiger charge is -2.39. The summed E-state index contributed by atoms with van der Waals surface area (Å²) in [6.07, 6.45) is -1.53. The van der Waals surface area contributed by atoms with E-state index in [1.165, 1.54) is 4.90 Å². The second kappa shape index (κ2) is 8.80. The molecule has 9 heteroatoms. The van der Waals surface area contributed by atoms with Crippen LogP contribution in [0.5, 0.6) is 6.01 Å². The number of likely N-dealkylation sites (N-methyl/N-ethyl adjacent to an activating group) is 1. The van der Waals surface area contributed by atoms with Crippen LogP contribution in [-0.2, 0) is 15.1 Å². The van der Waals surface area contributed by atoms with Crippen LogP contribution in [0.25, 0.3) is 0 Å². The molecule has 0 spiro atoms. The molecule has 3 aromatic rings. The Kier molecular flexibility index (Phi) is 6.05. The molecule has 0 saturated heterocycles. The number of carboxylic acid groups (broad SMARTS) is 1.